The van der Waals surface area contributed by atoms with Crippen LogP contribution < -0.4 is 0 Å². The highest BCUT2D eigenvalue weighted by Crippen LogP contribution is 2.46. The Morgan fingerprint density at radius 3 is 1.83 bits per heavy atom. The smallest absolute Gasteiger partial charge is 0.457 e. The van der Waals surface area contributed by atoms with Gasteiger partial charge in [0.25, 0.3) is 0 Å². The molecule has 0 amide bonds. The molecule has 0 aliphatic rings. The summed E-state index contributed by atoms with van der Waals surface area (Å²) >= 11 is 0. The highest BCUT2D eigenvalue weighted by molar-refractivity contribution is 5.79. The molecular formula is C9H9F7O2. The van der Waals surface area contributed by atoms with Gasteiger partial charge in [-0.3, -0.25) is 0 Å². The summed E-state index contributed by atoms with van der Waals surface area (Å²) in [6.45, 7) is 2.15. The zero-order chi connectivity index (χ0) is 14.8. The third-order valence-corrected chi connectivity index (χ3v) is 1.71. The number of halogens is 7. The predicted molar refractivity (Wildman–Crippen MR) is 46.3 cm³/mol. The lowest BCUT2D eigenvalue weighted by atomic mass is 10.1. The average molecular weight is 282 g/mol. The number of hydrogen-bond donors (Lipinski definition) is 0. The summed E-state index contributed by atoms with van der Waals surface area (Å²) in [6.07, 6.45) is -5.48. The molecule has 0 aliphatic carbocycles. The molecule has 0 atom stereocenters. The van der Waals surface area contributed by atoms with E-state index >= 15 is 0 Å². The van der Waals surface area contributed by atoms with Gasteiger partial charge in [0.1, 0.15) is 6.61 Å². The number of carbonyl (C=O) groups excluding carboxylic acids is 1. The van der Waals surface area contributed by atoms with E-state index in [1.165, 1.54) is 13.8 Å². The first-order valence-corrected chi connectivity index (χ1v) is 4.47. The Hall–Kier alpha value is -1.28. The van der Waals surface area contributed by atoms with Gasteiger partial charge >= 0.3 is 24.0 Å². The fraction of sp³-hybridized carbons (Fsp3) is 0.667. The molecule has 0 aromatic heterocycles. The van der Waals surface area contributed by atoms with Gasteiger partial charge in [0, 0.05) is 0 Å². The van der Waals surface area contributed by atoms with Crippen molar-refractivity contribution in [3.8, 4) is 0 Å². The molecule has 9 heteroatoms. The van der Waals surface area contributed by atoms with E-state index in [-0.39, 0.29) is 0 Å². The minimum atomic E-state index is -6.55. The second kappa shape index (κ2) is 5.15. The van der Waals surface area contributed by atoms with E-state index in [1.54, 1.807) is 0 Å². The van der Waals surface area contributed by atoms with Gasteiger partial charge in [-0.1, -0.05) is 5.57 Å². The Morgan fingerprint density at radius 1 is 1.06 bits per heavy atom. The van der Waals surface area contributed by atoms with Gasteiger partial charge in [-0.25, -0.2) is 4.79 Å². The maximum atomic E-state index is 12.7. The van der Waals surface area contributed by atoms with Crippen molar-refractivity contribution >= 4 is 5.97 Å². The highest BCUT2D eigenvalue weighted by atomic mass is 19.4. The molecule has 2 nitrogen and oxygen atoms in total. The van der Waals surface area contributed by atoms with E-state index in [1.807, 2.05) is 0 Å². The van der Waals surface area contributed by atoms with E-state index in [0.717, 1.165) is 6.08 Å². The predicted octanol–water partition coefficient (Wildman–Crippen LogP) is 3.33. The van der Waals surface area contributed by atoms with Crippen LogP contribution >= 0.6 is 0 Å². The number of rotatable bonds is 4. The Bertz CT molecular complexity index is 339. The first-order valence-electron chi connectivity index (χ1n) is 4.47. The maximum Gasteiger partial charge on any atom is 0.460 e. The minimum absolute atomic E-state index is 0.508. The van der Waals surface area contributed by atoms with Crippen molar-refractivity contribution in [1.29, 1.82) is 0 Å². The molecule has 0 unspecified atom stereocenters. The molecule has 0 aromatic carbocycles. The van der Waals surface area contributed by atoms with Crippen LogP contribution in [0, 0.1) is 0 Å². The van der Waals surface area contributed by atoms with Crippen LogP contribution in [0.15, 0.2) is 11.6 Å². The van der Waals surface area contributed by atoms with Gasteiger partial charge in [-0.15, -0.1) is 0 Å². The summed E-state index contributed by atoms with van der Waals surface area (Å²) in [5.41, 5.74) is 0.508. The third-order valence-electron chi connectivity index (χ3n) is 1.71. The van der Waals surface area contributed by atoms with Crippen molar-refractivity contribution in [2.24, 2.45) is 0 Å². The van der Waals surface area contributed by atoms with Crippen molar-refractivity contribution in [1.82, 2.24) is 0 Å². The quantitative estimate of drug-likeness (QED) is 0.449. The summed E-state index contributed by atoms with van der Waals surface area (Å²) in [5.74, 6) is -15.4. The fourth-order valence-corrected chi connectivity index (χ4v) is 0.681. The molecule has 0 fully saturated rings. The molecule has 0 rings (SSSR count). The summed E-state index contributed by atoms with van der Waals surface area (Å²) < 4.78 is 88.7. The van der Waals surface area contributed by atoms with Crippen molar-refractivity contribution in [3.63, 3.8) is 0 Å². The molecule has 0 saturated heterocycles. The van der Waals surface area contributed by atoms with Crippen LogP contribution in [-0.2, 0) is 9.53 Å². The number of hydrogen-bond acceptors (Lipinski definition) is 2. The molecule has 0 bridgehead atoms. The molecule has 0 aromatic rings. The molecule has 0 saturated carbocycles. The van der Waals surface area contributed by atoms with E-state index in [4.69, 9.17) is 0 Å². The molecule has 18 heavy (non-hydrogen) atoms. The SMILES string of the molecule is CC(C)=CCOC(=O)C(F)(F)C(F)(F)C(F)(F)F. The second-order valence-corrected chi connectivity index (χ2v) is 3.53. The summed E-state index contributed by atoms with van der Waals surface area (Å²) in [4.78, 5) is 10.6. The Balaban J connectivity index is 4.93. The van der Waals surface area contributed by atoms with Crippen molar-refractivity contribution in [2.45, 2.75) is 31.9 Å². The third kappa shape index (κ3) is 3.36. The topological polar surface area (TPSA) is 26.3 Å². The number of alkyl halides is 7. The Labute approximate surface area is 97.4 Å². The van der Waals surface area contributed by atoms with Gasteiger partial charge in [-0.2, -0.15) is 30.7 Å². The number of ether oxygens (including phenoxy) is 1. The molecular weight excluding hydrogens is 273 g/mol. The van der Waals surface area contributed by atoms with Crippen LogP contribution in [-0.4, -0.2) is 30.6 Å². The van der Waals surface area contributed by atoms with Gasteiger partial charge < -0.3 is 4.74 Å². The summed E-state index contributed by atoms with van der Waals surface area (Å²) in [7, 11) is 0. The van der Waals surface area contributed by atoms with Crippen LogP contribution in [0.25, 0.3) is 0 Å². The zero-order valence-electron chi connectivity index (χ0n) is 9.25. The first-order chi connectivity index (χ1) is 7.84. The van der Waals surface area contributed by atoms with Gasteiger partial charge in [0.15, 0.2) is 0 Å². The van der Waals surface area contributed by atoms with E-state index in [0.29, 0.717) is 5.57 Å². The Kier molecular flexibility index (Phi) is 4.78. The Morgan fingerprint density at radius 2 is 1.50 bits per heavy atom. The molecule has 0 heterocycles. The standard InChI is InChI=1S/C9H9F7O2/c1-5(2)3-4-18-6(17)7(10,11)8(12,13)9(14,15)16/h3H,4H2,1-2H3. The first kappa shape index (κ1) is 16.7. The van der Waals surface area contributed by atoms with E-state index in [2.05, 4.69) is 4.74 Å². The molecule has 0 aliphatic heterocycles. The minimum Gasteiger partial charge on any atom is -0.457 e. The monoisotopic (exact) mass is 282 g/mol. The fourth-order valence-electron chi connectivity index (χ4n) is 0.681. The van der Waals surface area contributed by atoms with Crippen LogP contribution in [0.2, 0.25) is 0 Å². The van der Waals surface area contributed by atoms with Gasteiger partial charge in [0.2, 0.25) is 0 Å². The number of allylic oxidation sites excluding steroid dienone is 1. The molecule has 0 spiro atoms. The molecule has 0 N–H and O–H groups in total. The van der Waals surface area contributed by atoms with E-state index < -0.39 is 30.6 Å². The average Bonchev–Trinajstić information content (AvgIpc) is 2.14. The lowest BCUT2D eigenvalue weighted by molar-refractivity contribution is -0.348. The molecule has 106 valence electrons. The number of esters is 1. The van der Waals surface area contributed by atoms with Crippen LogP contribution in [0.4, 0.5) is 30.7 Å². The zero-order valence-corrected chi connectivity index (χ0v) is 9.25. The van der Waals surface area contributed by atoms with Gasteiger partial charge in [-0.05, 0) is 19.9 Å². The lowest BCUT2D eigenvalue weighted by Gasteiger charge is -2.26. The second-order valence-electron chi connectivity index (χ2n) is 3.53. The molecule has 0 radical (unpaired) electrons. The van der Waals surface area contributed by atoms with Crippen molar-refractivity contribution in [3.05, 3.63) is 11.6 Å². The van der Waals surface area contributed by atoms with Crippen LogP contribution in [0.1, 0.15) is 13.8 Å². The van der Waals surface area contributed by atoms with E-state index in [9.17, 15) is 35.5 Å². The largest absolute Gasteiger partial charge is 0.460 e. The van der Waals surface area contributed by atoms with Crippen LogP contribution in [0.3, 0.4) is 0 Å². The van der Waals surface area contributed by atoms with Crippen molar-refractivity contribution < 1.29 is 40.3 Å². The summed E-state index contributed by atoms with van der Waals surface area (Å²) in [6, 6.07) is 0. The van der Waals surface area contributed by atoms with Crippen LogP contribution in [0.5, 0.6) is 0 Å². The van der Waals surface area contributed by atoms with Crippen molar-refractivity contribution in [2.75, 3.05) is 6.61 Å². The normalized spacial score (nSPS) is 13.2. The lowest BCUT2D eigenvalue weighted by Crippen LogP contribution is -2.56. The maximum absolute atomic E-state index is 12.7. The highest BCUT2D eigenvalue weighted by Gasteiger charge is 2.77. The number of carbonyl (C=O) groups is 1. The van der Waals surface area contributed by atoms with Gasteiger partial charge in [0.05, 0.1) is 0 Å². The summed E-state index contributed by atoms with van der Waals surface area (Å²) in [5, 5.41) is 0.